The number of aromatic nitrogens is 4. The second-order valence-electron chi connectivity index (χ2n) is 4.55. The van der Waals surface area contributed by atoms with E-state index in [0.29, 0.717) is 5.15 Å². The van der Waals surface area contributed by atoms with E-state index in [1.165, 1.54) is 0 Å². The maximum Gasteiger partial charge on any atom is 0.130 e. The lowest BCUT2D eigenvalue weighted by molar-refractivity contribution is 0.571. The van der Waals surface area contributed by atoms with E-state index >= 15 is 0 Å². The van der Waals surface area contributed by atoms with Crippen molar-refractivity contribution in [2.24, 2.45) is 7.05 Å². The van der Waals surface area contributed by atoms with Crippen LogP contribution in [0.3, 0.4) is 0 Å². The van der Waals surface area contributed by atoms with Crippen LogP contribution in [0.25, 0.3) is 0 Å². The van der Waals surface area contributed by atoms with E-state index in [4.69, 9.17) is 11.6 Å². The predicted molar refractivity (Wildman–Crippen MR) is 75.2 cm³/mol. The predicted octanol–water partition coefficient (Wildman–Crippen LogP) is 1.98. The molecule has 2 aromatic heterocycles. The zero-order valence-electron chi connectivity index (χ0n) is 11.6. The average molecular weight is 280 g/mol. The molecule has 102 valence electrons. The molecule has 0 radical (unpaired) electrons. The van der Waals surface area contributed by atoms with Gasteiger partial charge in [0.2, 0.25) is 0 Å². The molecular weight excluding hydrogens is 262 g/mol. The highest BCUT2D eigenvalue weighted by Crippen LogP contribution is 2.24. The molecule has 0 bridgehead atoms. The molecule has 6 heteroatoms. The fourth-order valence-electron chi connectivity index (χ4n) is 2.13. The fourth-order valence-corrected chi connectivity index (χ4v) is 2.38. The molecule has 1 atom stereocenters. The molecule has 0 aliphatic rings. The molecule has 2 aromatic rings. The molecule has 0 fully saturated rings. The van der Waals surface area contributed by atoms with E-state index < -0.39 is 0 Å². The van der Waals surface area contributed by atoms with E-state index in [1.807, 2.05) is 34.0 Å². The number of rotatable bonds is 4. The summed E-state index contributed by atoms with van der Waals surface area (Å²) < 4.78 is 1.70. The molecule has 0 saturated carbocycles. The normalized spacial score (nSPS) is 12.7. The third-order valence-corrected chi connectivity index (χ3v) is 3.65. The SMILES string of the molecule is CNC(Cc1c(C)nn(C)c1Cl)c1ccnc(C)n1. The summed E-state index contributed by atoms with van der Waals surface area (Å²) >= 11 is 6.27. The van der Waals surface area contributed by atoms with Gasteiger partial charge in [-0.15, -0.1) is 0 Å². The first-order valence-corrected chi connectivity index (χ1v) is 6.55. The van der Waals surface area contributed by atoms with Crippen LogP contribution in [0, 0.1) is 13.8 Å². The van der Waals surface area contributed by atoms with Crippen molar-refractivity contribution in [1.29, 1.82) is 0 Å². The van der Waals surface area contributed by atoms with E-state index in [9.17, 15) is 0 Å². The second kappa shape index (κ2) is 5.67. The van der Waals surface area contributed by atoms with Crippen molar-refractivity contribution in [3.8, 4) is 0 Å². The van der Waals surface area contributed by atoms with Crippen LogP contribution in [0.1, 0.15) is 28.8 Å². The Bertz CT molecular complexity index is 578. The van der Waals surface area contributed by atoms with Crippen LogP contribution >= 0.6 is 11.6 Å². The molecule has 5 nitrogen and oxygen atoms in total. The Balaban J connectivity index is 2.29. The van der Waals surface area contributed by atoms with Crippen molar-refractivity contribution in [3.05, 3.63) is 40.2 Å². The third kappa shape index (κ3) is 2.93. The number of aryl methyl sites for hydroxylation is 3. The number of hydrogen-bond acceptors (Lipinski definition) is 4. The number of nitrogens with one attached hydrogen (secondary N) is 1. The maximum absolute atomic E-state index is 6.27. The van der Waals surface area contributed by atoms with E-state index in [0.717, 1.165) is 29.2 Å². The first-order chi connectivity index (χ1) is 9.02. The minimum absolute atomic E-state index is 0.0992. The smallest absolute Gasteiger partial charge is 0.130 e. The lowest BCUT2D eigenvalue weighted by Gasteiger charge is -2.15. The zero-order valence-corrected chi connectivity index (χ0v) is 12.4. The van der Waals surface area contributed by atoms with Crippen LogP contribution in [0.5, 0.6) is 0 Å². The number of likely N-dealkylation sites (N-methyl/N-ethyl adjacent to an activating group) is 1. The minimum atomic E-state index is 0.0992. The largest absolute Gasteiger partial charge is 0.311 e. The van der Waals surface area contributed by atoms with Crippen molar-refractivity contribution in [2.45, 2.75) is 26.3 Å². The number of hydrogen-bond donors (Lipinski definition) is 1. The Morgan fingerprint density at radius 2 is 2.16 bits per heavy atom. The van der Waals surface area contributed by atoms with E-state index in [1.54, 1.807) is 10.9 Å². The Morgan fingerprint density at radius 1 is 1.42 bits per heavy atom. The summed E-state index contributed by atoms with van der Waals surface area (Å²) in [7, 11) is 3.77. The molecule has 0 spiro atoms. The summed E-state index contributed by atoms with van der Waals surface area (Å²) in [6, 6.07) is 2.02. The fraction of sp³-hybridized carbons (Fsp3) is 0.462. The molecule has 2 rings (SSSR count). The molecular formula is C13H18ClN5. The quantitative estimate of drug-likeness (QED) is 0.930. The highest BCUT2D eigenvalue weighted by atomic mass is 35.5. The third-order valence-electron chi connectivity index (χ3n) is 3.18. The molecule has 0 aromatic carbocycles. The van der Waals surface area contributed by atoms with Crippen LogP contribution in [0.4, 0.5) is 0 Å². The molecule has 0 aliphatic carbocycles. The number of halogens is 1. The summed E-state index contributed by atoms with van der Waals surface area (Å²) in [5.74, 6) is 0.770. The second-order valence-corrected chi connectivity index (χ2v) is 4.91. The van der Waals surface area contributed by atoms with Gasteiger partial charge in [-0.25, -0.2) is 9.97 Å². The van der Waals surface area contributed by atoms with Gasteiger partial charge in [0.05, 0.1) is 17.4 Å². The number of nitrogens with zero attached hydrogens (tertiary/aromatic N) is 4. The zero-order chi connectivity index (χ0) is 14.0. The van der Waals surface area contributed by atoms with Crippen LogP contribution in [0.2, 0.25) is 5.15 Å². The van der Waals surface area contributed by atoms with Gasteiger partial charge < -0.3 is 5.32 Å². The monoisotopic (exact) mass is 279 g/mol. The standard InChI is InChI=1S/C13H18ClN5/c1-8-10(13(14)19(4)18-8)7-12(15-3)11-5-6-16-9(2)17-11/h5-6,12,15H,7H2,1-4H3. The lowest BCUT2D eigenvalue weighted by atomic mass is 10.0. The van der Waals surface area contributed by atoms with E-state index in [2.05, 4.69) is 20.4 Å². The minimum Gasteiger partial charge on any atom is -0.311 e. The molecule has 2 heterocycles. The van der Waals surface area contributed by atoms with Crippen molar-refractivity contribution in [2.75, 3.05) is 7.05 Å². The van der Waals surface area contributed by atoms with Gasteiger partial charge in [-0.05, 0) is 33.4 Å². The molecule has 1 unspecified atom stereocenters. The Labute approximate surface area is 118 Å². The van der Waals surface area contributed by atoms with Crippen molar-refractivity contribution < 1.29 is 0 Å². The van der Waals surface area contributed by atoms with Crippen LogP contribution < -0.4 is 5.32 Å². The molecule has 19 heavy (non-hydrogen) atoms. The average Bonchev–Trinajstić information content (AvgIpc) is 2.61. The maximum atomic E-state index is 6.27. The highest BCUT2D eigenvalue weighted by Gasteiger charge is 2.18. The van der Waals surface area contributed by atoms with E-state index in [-0.39, 0.29) is 6.04 Å². The highest BCUT2D eigenvalue weighted by molar-refractivity contribution is 6.30. The van der Waals surface area contributed by atoms with Crippen LogP contribution in [0.15, 0.2) is 12.3 Å². The van der Waals surface area contributed by atoms with Crippen molar-refractivity contribution in [3.63, 3.8) is 0 Å². The summed E-state index contributed by atoms with van der Waals surface area (Å²) in [6.45, 7) is 3.86. The summed E-state index contributed by atoms with van der Waals surface area (Å²) in [5.41, 5.74) is 2.98. The van der Waals surface area contributed by atoms with Crippen LogP contribution in [-0.2, 0) is 13.5 Å². The Kier molecular flexibility index (Phi) is 4.17. The summed E-state index contributed by atoms with van der Waals surface area (Å²) in [4.78, 5) is 8.58. The van der Waals surface area contributed by atoms with Gasteiger partial charge in [0.15, 0.2) is 0 Å². The molecule has 0 aliphatic heterocycles. The van der Waals surface area contributed by atoms with Gasteiger partial charge >= 0.3 is 0 Å². The van der Waals surface area contributed by atoms with Gasteiger partial charge in [0.1, 0.15) is 11.0 Å². The van der Waals surface area contributed by atoms with Gasteiger partial charge in [0, 0.05) is 18.8 Å². The Hall–Kier alpha value is -1.46. The molecule has 0 saturated heterocycles. The lowest BCUT2D eigenvalue weighted by Crippen LogP contribution is -2.20. The molecule has 0 amide bonds. The van der Waals surface area contributed by atoms with Gasteiger partial charge in [-0.1, -0.05) is 11.6 Å². The van der Waals surface area contributed by atoms with Gasteiger partial charge in [0.25, 0.3) is 0 Å². The van der Waals surface area contributed by atoms with Crippen molar-refractivity contribution >= 4 is 11.6 Å². The summed E-state index contributed by atoms with van der Waals surface area (Å²) in [5, 5.41) is 8.29. The first-order valence-electron chi connectivity index (χ1n) is 6.17. The topological polar surface area (TPSA) is 55.6 Å². The summed E-state index contributed by atoms with van der Waals surface area (Å²) in [6.07, 6.45) is 2.53. The Morgan fingerprint density at radius 3 is 2.68 bits per heavy atom. The van der Waals surface area contributed by atoms with Gasteiger partial charge in [-0.2, -0.15) is 5.10 Å². The first kappa shape index (κ1) is 14.0. The molecule has 1 N–H and O–H groups in total. The van der Waals surface area contributed by atoms with Crippen LogP contribution in [-0.4, -0.2) is 26.8 Å². The van der Waals surface area contributed by atoms with Crippen molar-refractivity contribution in [1.82, 2.24) is 25.1 Å². The van der Waals surface area contributed by atoms with Gasteiger partial charge in [-0.3, -0.25) is 4.68 Å².